The van der Waals surface area contributed by atoms with Crippen molar-refractivity contribution in [1.82, 2.24) is 4.90 Å². The van der Waals surface area contributed by atoms with Crippen molar-refractivity contribution in [3.63, 3.8) is 0 Å². The van der Waals surface area contributed by atoms with Gasteiger partial charge in [0.15, 0.2) is 0 Å². The van der Waals surface area contributed by atoms with Crippen LogP contribution < -0.4 is 5.73 Å². The Bertz CT molecular complexity index is 284. The van der Waals surface area contributed by atoms with E-state index in [1.807, 2.05) is 25.7 Å². The Morgan fingerprint density at radius 1 is 1.53 bits per heavy atom. The Balaban J connectivity index is 2.69. The minimum atomic E-state index is -0.331. The number of hydrogen-bond donors (Lipinski definition) is 1. The first-order chi connectivity index (χ1) is 7.90. The maximum Gasteiger partial charge on any atom is 0.252 e. The second-order valence-corrected chi connectivity index (χ2v) is 5.47. The van der Waals surface area contributed by atoms with Crippen molar-refractivity contribution >= 4 is 5.91 Å². The van der Waals surface area contributed by atoms with Gasteiger partial charge in [0.1, 0.15) is 6.10 Å². The smallest absolute Gasteiger partial charge is 0.252 e. The van der Waals surface area contributed by atoms with Crippen molar-refractivity contribution in [3.05, 3.63) is 12.7 Å². The second kappa shape index (κ2) is 5.65. The summed E-state index contributed by atoms with van der Waals surface area (Å²) in [5.41, 5.74) is 5.34. The lowest BCUT2D eigenvalue weighted by atomic mass is 10.0. The molecule has 1 rings (SSSR count). The quantitative estimate of drug-likeness (QED) is 0.754. The summed E-state index contributed by atoms with van der Waals surface area (Å²) in [6.45, 7) is 10.8. The van der Waals surface area contributed by atoms with Gasteiger partial charge in [-0.05, 0) is 33.6 Å². The van der Waals surface area contributed by atoms with E-state index in [-0.39, 0.29) is 23.7 Å². The molecule has 0 radical (unpaired) electrons. The van der Waals surface area contributed by atoms with Gasteiger partial charge in [-0.3, -0.25) is 4.79 Å². The van der Waals surface area contributed by atoms with Crippen LogP contribution in [0, 0.1) is 0 Å². The van der Waals surface area contributed by atoms with E-state index in [2.05, 4.69) is 6.58 Å². The van der Waals surface area contributed by atoms with Gasteiger partial charge < -0.3 is 15.4 Å². The van der Waals surface area contributed by atoms with E-state index in [1.54, 1.807) is 6.08 Å². The maximum absolute atomic E-state index is 12.4. The minimum Gasteiger partial charge on any atom is -0.364 e. The predicted molar refractivity (Wildman–Crippen MR) is 68.6 cm³/mol. The van der Waals surface area contributed by atoms with E-state index in [1.165, 1.54) is 0 Å². The summed E-state index contributed by atoms with van der Waals surface area (Å²) in [5, 5.41) is 0. The first-order valence-corrected chi connectivity index (χ1v) is 6.18. The normalized spacial score (nSPS) is 24.7. The lowest BCUT2D eigenvalue weighted by Gasteiger charge is -2.36. The minimum absolute atomic E-state index is 0.0366. The summed E-state index contributed by atoms with van der Waals surface area (Å²) < 4.78 is 5.64. The molecule has 2 atom stereocenters. The van der Waals surface area contributed by atoms with Crippen LogP contribution in [-0.2, 0) is 9.53 Å². The van der Waals surface area contributed by atoms with Crippen LogP contribution in [-0.4, -0.2) is 41.6 Å². The molecule has 1 fully saturated rings. The molecule has 4 nitrogen and oxygen atoms in total. The van der Waals surface area contributed by atoms with E-state index in [0.29, 0.717) is 13.1 Å². The monoisotopic (exact) mass is 240 g/mol. The van der Waals surface area contributed by atoms with Crippen LogP contribution >= 0.6 is 0 Å². The molecule has 1 saturated heterocycles. The Hall–Kier alpha value is -0.870. The zero-order chi connectivity index (χ0) is 13.1. The molecule has 17 heavy (non-hydrogen) atoms. The molecule has 1 amide bonds. The topological polar surface area (TPSA) is 55.6 Å². The van der Waals surface area contributed by atoms with Gasteiger partial charge in [0.05, 0.1) is 6.10 Å². The standard InChI is InChI=1S/C13H24N2O2/c1-5-8-15(13(2,3)4)12(16)11-7-6-10(9-14)17-11/h5,10-11H,1,6-9,14H2,2-4H3. The van der Waals surface area contributed by atoms with E-state index in [4.69, 9.17) is 10.5 Å². The number of rotatable bonds is 4. The van der Waals surface area contributed by atoms with Gasteiger partial charge in [0, 0.05) is 18.6 Å². The number of carbonyl (C=O) groups excluding carboxylic acids is 1. The van der Waals surface area contributed by atoms with E-state index < -0.39 is 0 Å². The van der Waals surface area contributed by atoms with Gasteiger partial charge in [-0.2, -0.15) is 0 Å². The van der Waals surface area contributed by atoms with Crippen LogP contribution in [0.15, 0.2) is 12.7 Å². The number of nitrogens with two attached hydrogens (primary N) is 1. The average Bonchev–Trinajstić information content (AvgIpc) is 2.71. The number of carbonyl (C=O) groups is 1. The number of ether oxygens (including phenoxy) is 1. The Morgan fingerprint density at radius 3 is 2.59 bits per heavy atom. The fraction of sp³-hybridized carbons (Fsp3) is 0.769. The molecular formula is C13H24N2O2. The molecule has 4 heteroatoms. The lowest BCUT2D eigenvalue weighted by Crippen LogP contribution is -2.50. The Kier molecular flexibility index (Phi) is 4.71. The highest BCUT2D eigenvalue weighted by molar-refractivity contribution is 5.82. The first kappa shape index (κ1) is 14.2. The van der Waals surface area contributed by atoms with Crippen LogP contribution in [0.3, 0.4) is 0 Å². The van der Waals surface area contributed by atoms with Crippen molar-refractivity contribution in [1.29, 1.82) is 0 Å². The molecule has 0 spiro atoms. The van der Waals surface area contributed by atoms with Gasteiger partial charge in [0.2, 0.25) is 0 Å². The lowest BCUT2D eigenvalue weighted by molar-refractivity contribution is -0.146. The largest absolute Gasteiger partial charge is 0.364 e. The molecule has 1 aliphatic heterocycles. The molecule has 2 unspecified atom stereocenters. The van der Waals surface area contributed by atoms with Crippen molar-refractivity contribution in [3.8, 4) is 0 Å². The van der Waals surface area contributed by atoms with Gasteiger partial charge in [-0.1, -0.05) is 6.08 Å². The molecule has 0 aromatic heterocycles. The van der Waals surface area contributed by atoms with Crippen LogP contribution in [0.4, 0.5) is 0 Å². The maximum atomic E-state index is 12.4. The Morgan fingerprint density at radius 2 is 2.18 bits per heavy atom. The molecule has 98 valence electrons. The van der Waals surface area contributed by atoms with Gasteiger partial charge >= 0.3 is 0 Å². The number of nitrogens with zero attached hydrogens (tertiary/aromatic N) is 1. The van der Waals surface area contributed by atoms with E-state index >= 15 is 0 Å². The molecule has 0 aromatic rings. The zero-order valence-corrected chi connectivity index (χ0v) is 11.1. The predicted octanol–water partition coefficient (Wildman–Crippen LogP) is 1.31. The molecule has 1 aliphatic rings. The average molecular weight is 240 g/mol. The van der Waals surface area contributed by atoms with Crippen LogP contribution in [0.2, 0.25) is 0 Å². The second-order valence-electron chi connectivity index (χ2n) is 5.47. The molecule has 0 bridgehead atoms. The fourth-order valence-corrected chi connectivity index (χ4v) is 2.06. The van der Waals surface area contributed by atoms with Crippen molar-refractivity contribution in [2.45, 2.75) is 51.4 Å². The van der Waals surface area contributed by atoms with Crippen LogP contribution in [0.5, 0.6) is 0 Å². The van der Waals surface area contributed by atoms with Crippen LogP contribution in [0.1, 0.15) is 33.6 Å². The number of hydrogen-bond acceptors (Lipinski definition) is 3. The molecule has 0 saturated carbocycles. The molecule has 0 aliphatic carbocycles. The van der Waals surface area contributed by atoms with Crippen LogP contribution in [0.25, 0.3) is 0 Å². The highest BCUT2D eigenvalue weighted by Crippen LogP contribution is 2.24. The summed E-state index contributed by atoms with van der Waals surface area (Å²) in [6.07, 6.45) is 3.10. The summed E-state index contributed by atoms with van der Waals surface area (Å²) in [7, 11) is 0. The van der Waals surface area contributed by atoms with Gasteiger partial charge in [0.25, 0.3) is 5.91 Å². The summed E-state index contributed by atoms with van der Waals surface area (Å²) in [4.78, 5) is 14.2. The van der Waals surface area contributed by atoms with E-state index in [9.17, 15) is 4.79 Å². The summed E-state index contributed by atoms with van der Waals surface area (Å²) in [6, 6.07) is 0. The molecule has 2 N–H and O–H groups in total. The third-order valence-corrected chi connectivity index (χ3v) is 3.03. The Labute approximate surface area is 104 Å². The van der Waals surface area contributed by atoms with Crippen molar-refractivity contribution < 1.29 is 9.53 Å². The van der Waals surface area contributed by atoms with Crippen molar-refractivity contribution in [2.24, 2.45) is 5.73 Å². The van der Waals surface area contributed by atoms with Gasteiger partial charge in [-0.15, -0.1) is 6.58 Å². The zero-order valence-electron chi connectivity index (χ0n) is 11.1. The highest BCUT2D eigenvalue weighted by Gasteiger charge is 2.36. The van der Waals surface area contributed by atoms with E-state index in [0.717, 1.165) is 12.8 Å². The number of amides is 1. The molecular weight excluding hydrogens is 216 g/mol. The first-order valence-electron chi connectivity index (χ1n) is 6.18. The summed E-state index contributed by atoms with van der Waals surface area (Å²) in [5.74, 6) is 0.0494. The third-order valence-electron chi connectivity index (χ3n) is 3.03. The molecule has 1 heterocycles. The van der Waals surface area contributed by atoms with Crippen molar-refractivity contribution in [2.75, 3.05) is 13.1 Å². The third kappa shape index (κ3) is 3.54. The fourth-order valence-electron chi connectivity index (χ4n) is 2.06. The SMILES string of the molecule is C=CCN(C(=O)C1CCC(CN)O1)C(C)(C)C. The highest BCUT2D eigenvalue weighted by atomic mass is 16.5. The molecule has 0 aromatic carbocycles. The van der Waals surface area contributed by atoms with Gasteiger partial charge in [-0.25, -0.2) is 0 Å². The summed E-state index contributed by atoms with van der Waals surface area (Å²) >= 11 is 0.